The summed E-state index contributed by atoms with van der Waals surface area (Å²) in [6.07, 6.45) is 36.0. The number of nitrogens with zero attached hydrogens (tertiary/aromatic N) is 3. The molecule has 0 aliphatic carbocycles. The number of hydrogen-bond donors (Lipinski definition) is 0. The number of imidazole rings is 1. The van der Waals surface area contributed by atoms with Crippen LogP contribution in [0, 0.1) is 12.3 Å². The van der Waals surface area contributed by atoms with E-state index in [9.17, 15) is 19.0 Å². The van der Waals surface area contributed by atoms with E-state index in [0.29, 0.717) is 23.9 Å². The number of carbonyl (C=O) groups excluding carboxylic acids is 2. The Morgan fingerprint density at radius 1 is 0.655 bits per heavy atom. The summed E-state index contributed by atoms with van der Waals surface area (Å²) < 4.78 is 36.8. The number of unbranched alkanes of at least 4 members (excludes halogenated alkanes) is 24. The Bertz CT molecular complexity index is 1210. The second kappa shape index (κ2) is 33.9. The van der Waals surface area contributed by atoms with E-state index in [-0.39, 0.29) is 38.4 Å². The summed E-state index contributed by atoms with van der Waals surface area (Å²) in [5.74, 6) is 0.417. The smallest absolute Gasteiger partial charge is 0.305 e. The monoisotopic (exact) mass is 842 g/mol. The Hall–Kier alpha value is -1.78. The molecule has 12 heteroatoms. The van der Waals surface area contributed by atoms with Crippen LogP contribution in [-0.4, -0.2) is 80.1 Å². The third kappa shape index (κ3) is 33.0. The van der Waals surface area contributed by atoms with Crippen molar-refractivity contribution < 1.29 is 42.1 Å². The van der Waals surface area contributed by atoms with E-state index < -0.39 is 13.2 Å². The van der Waals surface area contributed by atoms with Crippen LogP contribution in [-0.2, 0) is 39.2 Å². The highest BCUT2D eigenvalue weighted by molar-refractivity contribution is 7.45. The van der Waals surface area contributed by atoms with Crippen molar-refractivity contribution in [3.8, 4) is 0 Å². The van der Waals surface area contributed by atoms with Crippen molar-refractivity contribution in [2.75, 3.05) is 54.1 Å². The molecule has 340 valence electrons. The summed E-state index contributed by atoms with van der Waals surface area (Å²) in [4.78, 5) is 42.2. The third-order valence-corrected chi connectivity index (χ3v) is 11.9. The predicted molar refractivity (Wildman–Crippen MR) is 234 cm³/mol. The van der Waals surface area contributed by atoms with Crippen LogP contribution < -0.4 is 4.89 Å². The summed E-state index contributed by atoms with van der Waals surface area (Å²) in [6.45, 7) is 6.98. The zero-order valence-electron chi connectivity index (χ0n) is 38.3. The number of esters is 2. The number of likely N-dealkylation sites (N-methyl/N-ethyl adjacent to an activating group) is 1. The van der Waals surface area contributed by atoms with Gasteiger partial charge in [-0.2, -0.15) is 0 Å². The van der Waals surface area contributed by atoms with E-state index in [2.05, 4.69) is 29.6 Å². The average molecular weight is 842 g/mol. The molecule has 2 atom stereocenters. The molecule has 0 saturated heterocycles. The molecule has 58 heavy (non-hydrogen) atoms. The lowest BCUT2D eigenvalue weighted by atomic mass is 9.94. The zero-order valence-corrected chi connectivity index (χ0v) is 39.1. The minimum Gasteiger partial charge on any atom is -0.756 e. The molecule has 0 aliphatic rings. The lowest BCUT2D eigenvalue weighted by Crippen LogP contribution is -2.38. The number of quaternary nitrogens is 1. The van der Waals surface area contributed by atoms with E-state index >= 15 is 0 Å². The number of ether oxygens (including phenoxy) is 2. The van der Waals surface area contributed by atoms with Gasteiger partial charge in [-0.3, -0.25) is 14.2 Å². The Labute approximate surface area is 355 Å². The van der Waals surface area contributed by atoms with Gasteiger partial charge in [-0.15, -0.1) is 0 Å². The molecule has 0 amide bonds. The molecule has 0 aliphatic heterocycles. The summed E-state index contributed by atoms with van der Waals surface area (Å²) >= 11 is 0. The van der Waals surface area contributed by atoms with Crippen molar-refractivity contribution in [2.45, 2.75) is 207 Å². The van der Waals surface area contributed by atoms with Crippen molar-refractivity contribution in [3.05, 3.63) is 18.2 Å². The van der Waals surface area contributed by atoms with Crippen LogP contribution in [0.25, 0.3) is 0 Å². The van der Waals surface area contributed by atoms with Crippen LogP contribution in [0.15, 0.2) is 12.4 Å². The second-order valence-corrected chi connectivity index (χ2v) is 19.6. The van der Waals surface area contributed by atoms with Crippen LogP contribution in [0.2, 0.25) is 0 Å². The van der Waals surface area contributed by atoms with Gasteiger partial charge in [0.25, 0.3) is 7.82 Å². The minimum absolute atomic E-state index is 0.0150. The Morgan fingerprint density at radius 2 is 1.05 bits per heavy atom. The molecule has 0 aromatic carbocycles. The number of hydrogen-bond acceptors (Lipinski definition) is 9. The fourth-order valence-electron chi connectivity index (χ4n) is 6.90. The summed E-state index contributed by atoms with van der Waals surface area (Å²) in [6, 6.07) is 0. The first-order valence-corrected chi connectivity index (χ1v) is 24.9. The van der Waals surface area contributed by atoms with Crippen LogP contribution in [0.3, 0.4) is 0 Å². The van der Waals surface area contributed by atoms with Gasteiger partial charge in [0.15, 0.2) is 0 Å². The summed E-state index contributed by atoms with van der Waals surface area (Å²) in [5, 5.41) is 0. The van der Waals surface area contributed by atoms with Crippen LogP contribution in [0.1, 0.15) is 199 Å². The van der Waals surface area contributed by atoms with Gasteiger partial charge in [0.05, 0.1) is 33.2 Å². The van der Waals surface area contributed by atoms with Crippen molar-refractivity contribution >= 4 is 19.8 Å². The highest BCUT2D eigenvalue weighted by Crippen LogP contribution is 2.40. The van der Waals surface area contributed by atoms with Gasteiger partial charge in [-0.25, -0.2) is 4.98 Å². The molecule has 1 heterocycles. The number of carbonyl (C=O) groups is 2. The number of phosphoric ester groups is 1. The molecule has 0 radical (unpaired) electrons. The van der Waals surface area contributed by atoms with Gasteiger partial charge in [0, 0.05) is 31.8 Å². The van der Waals surface area contributed by atoms with E-state index in [0.717, 1.165) is 50.9 Å². The normalized spacial score (nSPS) is 14.0. The predicted octanol–water partition coefficient (Wildman–Crippen LogP) is 11.4. The van der Waals surface area contributed by atoms with Gasteiger partial charge in [0.1, 0.15) is 32.2 Å². The number of aromatic nitrogens is 2. The minimum atomic E-state index is -4.61. The second-order valence-electron chi connectivity index (χ2n) is 18.2. The van der Waals surface area contributed by atoms with Gasteiger partial charge in [-0.1, -0.05) is 162 Å². The summed E-state index contributed by atoms with van der Waals surface area (Å²) in [5.41, 5.74) is -1.05. The fraction of sp³-hybridized carbons (Fsp3) is 0.891. The molecule has 0 N–H and O–H groups in total. The fourth-order valence-corrected chi connectivity index (χ4v) is 7.75. The highest BCUT2D eigenvalue weighted by Gasteiger charge is 2.31. The first-order chi connectivity index (χ1) is 27.8. The van der Waals surface area contributed by atoms with E-state index in [1.807, 2.05) is 27.3 Å². The maximum Gasteiger partial charge on any atom is 0.305 e. The Morgan fingerprint density at radius 3 is 1.43 bits per heavy atom. The topological polar surface area (TPSA) is 129 Å². The Balaban J connectivity index is 2.27. The number of phosphoric acid groups is 1. The summed E-state index contributed by atoms with van der Waals surface area (Å²) in [7, 11) is 1.21. The van der Waals surface area contributed by atoms with Crippen molar-refractivity contribution in [1.29, 1.82) is 0 Å². The third-order valence-electron chi connectivity index (χ3n) is 10.9. The first kappa shape index (κ1) is 54.2. The van der Waals surface area contributed by atoms with Gasteiger partial charge < -0.3 is 32.5 Å². The lowest BCUT2D eigenvalue weighted by Gasteiger charge is -2.32. The SMILES string of the molecule is CCCCCCCCCCCCCCCC(=O)OCC(C)(COC(=O)CCCCCCCCCCCCCCCn1ccnc1C)COP(=O)([O-])OCC[N+](C)(C)C. The Kier molecular flexibility index (Phi) is 31.7. The molecule has 2 unspecified atom stereocenters. The average Bonchev–Trinajstić information content (AvgIpc) is 3.59. The molecular weight excluding hydrogens is 753 g/mol. The quantitative estimate of drug-likeness (QED) is 0.0274. The molecule has 1 aromatic rings. The van der Waals surface area contributed by atoms with Crippen LogP contribution in [0.4, 0.5) is 0 Å². The van der Waals surface area contributed by atoms with Gasteiger partial charge >= 0.3 is 11.9 Å². The zero-order chi connectivity index (χ0) is 42.8. The van der Waals surface area contributed by atoms with Gasteiger partial charge in [-0.05, 0) is 26.2 Å². The van der Waals surface area contributed by atoms with Crippen molar-refractivity contribution in [2.24, 2.45) is 5.41 Å². The maximum atomic E-state index is 12.7. The molecule has 0 spiro atoms. The maximum absolute atomic E-state index is 12.7. The van der Waals surface area contributed by atoms with E-state index in [4.69, 9.17) is 18.5 Å². The van der Waals surface area contributed by atoms with Gasteiger partial charge in [0.2, 0.25) is 0 Å². The highest BCUT2D eigenvalue weighted by atomic mass is 31.2. The van der Waals surface area contributed by atoms with E-state index in [1.54, 1.807) is 6.92 Å². The van der Waals surface area contributed by atoms with Crippen molar-refractivity contribution in [1.82, 2.24) is 9.55 Å². The molecule has 11 nitrogen and oxygen atoms in total. The number of rotatable bonds is 41. The van der Waals surface area contributed by atoms with Crippen molar-refractivity contribution in [3.63, 3.8) is 0 Å². The van der Waals surface area contributed by atoms with E-state index in [1.165, 1.54) is 128 Å². The molecule has 1 rings (SSSR count). The molecule has 0 saturated carbocycles. The largest absolute Gasteiger partial charge is 0.756 e. The lowest BCUT2D eigenvalue weighted by molar-refractivity contribution is -0.870. The molecule has 1 aromatic heterocycles. The first-order valence-electron chi connectivity index (χ1n) is 23.4. The number of aryl methyl sites for hydroxylation is 2. The molecular formula is C46H88N3O8P. The molecule has 0 fully saturated rings. The van der Waals surface area contributed by atoms with Crippen LogP contribution >= 0.6 is 7.82 Å². The molecule has 0 bridgehead atoms. The standard InChI is InChI=1S/C46H88N3O8P/c1-7-8-9-10-11-12-13-15-18-21-24-27-30-33-44(50)54-40-46(3,42-57-58(52,53)56-39-38-49(4,5)6)41-55-45(51)34-31-28-25-22-19-16-14-17-20-23-26-29-32-36-48-37-35-47-43(48)2/h35,37H,7-34,36,38-42H2,1-6H3. The van der Waals surface area contributed by atoms with Crippen LogP contribution in [0.5, 0.6) is 0 Å².